The van der Waals surface area contributed by atoms with Gasteiger partial charge in [0.15, 0.2) is 0 Å². The maximum Gasteiger partial charge on any atom is 0.384 e. The molecule has 5 heteroatoms. The van der Waals surface area contributed by atoms with E-state index in [0.717, 1.165) is 0 Å². The lowest BCUT2D eigenvalue weighted by atomic mass is 10.3. The Bertz CT molecular complexity index is 400. The van der Waals surface area contributed by atoms with E-state index in [-0.39, 0.29) is 5.15 Å². The van der Waals surface area contributed by atoms with Crippen LogP contribution >= 0.6 is 23.2 Å². The SMILES string of the molecule is COC(=O)C#Cc1c(Cl)ccnc1Cl. The molecule has 0 fully saturated rings. The molecule has 0 aromatic carbocycles. The second-order valence-electron chi connectivity index (χ2n) is 2.20. The first-order chi connectivity index (χ1) is 6.65. The molecule has 1 heterocycles. The number of methoxy groups -OCH3 is 1. The Kier molecular flexibility index (Phi) is 3.75. The number of pyridine rings is 1. The molecule has 1 aromatic heterocycles. The molecule has 3 nitrogen and oxygen atoms in total. The van der Waals surface area contributed by atoms with Gasteiger partial charge in [-0.1, -0.05) is 29.1 Å². The Labute approximate surface area is 91.0 Å². The number of nitrogens with zero attached hydrogens (tertiary/aromatic N) is 1. The summed E-state index contributed by atoms with van der Waals surface area (Å²) in [5.74, 6) is 4.04. The summed E-state index contributed by atoms with van der Waals surface area (Å²) in [4.78, 5) is 14.5. The van der Waals surface area contributed by atoms with Crippen LogP contribution in [-0.2, 0) is 9.53 Å². The predicted molar refractivity (Wildman–Crippen MR) is 53.2 cm³/mol. The summed E-state index contributed by atoms with van der Waals surface area (Å²) in [5.41, 5.74) is 0.321. The fourth-order valence-electron chi connectivity index (χ4n) is 0.690. The Morgan fingerprint density at radius 2 is 2.29 bits per heavy atom. The molecule has 0 atom stereocenters. The van der Waals surface area contributed by atoms with Crippen LogP contribution in [0.3, 0.4) is 0 Å². The van der Waals surface area contributed by atoms with Gasteiger partial charge in [0.2, 0.25) is 0 Å². The third kappa shape index (κ3) is 2.63. The first-order valence-electron chi connectivity index (χ1n) is 3.55. The lowest BCUT2D eigenvalue weighted by Gasteiger charge is -1.96. The fraction of sp³-hybridized carbons (Fsp3) is 0.111. The van der Waals surface area contributed by atoms with Crippen LogP contribution in [0.25, 0.3) is 0 Å². The van der Waals surface area contributed by atoms with Crippen molar-refractivity contribution in [1.82, 2.24) is 4.98 Å². The molecule has 0 aliphatic rings. The molecule has 0 bridgehead atoms. The number of aromatic nitrogens is 1. The van der Waals surface area contributed by atoms with Crippen LogP contribution < -0.4 is 0 Å². The summed E-state index contributed by atoms with van der Waals surface area (Å²) in [6, 6.07) is 1.54. The van der Waals surface area contributed by atoms with E-state index in [4.69, 9.17) is 23.2 Å². The van der Waals surface area contributed by atoms with Gasteiger partial charge in [-0.3, -0.25) is 0 Å². The summed E-state index contributed by atoms with van der Waals surface area (Å²) in [5, 5.41) is 0.510. The lowest BCUT2D eigenvalue weighted by molar-refractivity contribution is -0.133. The van der Waals surface area contributed by atoms with Crippen molar-refractivity contribution >= 4 is 29.2 Å². The highest BCUT2D eigenvalue weighted by Gasteiger charge is 2.03. The molecule has 0 aliphatic carbocycles. The van der Waals surface area contributed by atoms with Gasteiger partial charge in [-0.25, -0.2) is 9.78 Å². The zero-order valence-corrected chi connectivity index (χ0v) is 8.69. The summed E-state index contributed by atoms with van der Waals surface area (Å²) in [6.07, 6.45) is 1.45. The molecule has 0 amide bonds. The van der Waals surface area contributed by atoms with Crippen molar-refractivity contribution in [3.8, 4) is 11.8 Å². The minimum Gasteiger partial charge on any atom is -0.459 e. The van der Waals surface area contributed by atoms with Crippen molar-refractivity contribution in [2.45, 2.75) is 0 Å². The number of halogens is 2. The van der Waals surface area contributed by atoms with E-state index in [1.165, 1.54) is 19.4 Å². The van der Waals surface area contributed by atoms with Gasteiger partial charge >= 0.3 is 5.97 Å². The van der Waals surface area contributed by atoms with Crippen molar-refractivity contribution in [1.29, 1.82) is 0 Å². The molecule has 0 saturated carbocycles. The molecule has 0 N–H and O–H groups in total. The largest absolute Gasteiger partial charge is 0.459 e. The Hall–Kier alpha value is -1.24. The average Bonchev–Trinajstić information content (AvgIpc) is 2.16. The first kappa shape index (κ1) is 10.8. The fourth-order valence-corrected chi connectivity index (χ4v) is 1.14. The third-order valence-electron chi connectivity index (χ3n) is 1.33. The molecular weight excluding hydrogens is 225 g/mol. The number of hydrogen-bond donors (Lipinski definition) is 0. The van der Waals surface area contributed by atoms with Crippen molar-refractivity contribution in [2.24, 2.45) is 0 Å². The molecule has 0 radical (unpaired) electrons. The molecule has 0 aliphatic heterocycles. The highest BCUT2D eigenvalue weighted by Crippen LogP contribution is 2.20. The van der Waals surface area contributed by atoms with E-state index in [0.29, 0.717) is 10.6 Å². The zero-order chi connectivity index (χ0) is 10.6. The number of rotatable bonds is 0. The van der Waals surface area contributed by atoms with Gasteiger partial charge in [0.1, 0.15) is 5.15 Å². The van der Waals surface area contributed by atoms with Crippen LogP contribution in [-0.4, -0.2) is 18.1 Å². The number of esters is 1. The highest BCUT2D eigenvalue weighted by atomic mass is 35.5. The van der Waals surface area contributed by atoms with Crippen LogP contribution in [0.15, 0.2) is 12.3 Å². The molecular formula is C9H5Cl2NO2. The standard InChI is InChI=1S/C9H5Cl2NO2/c1-14-8(13)3-2-6-7(10)4-5-12-9(6)11/h4-5H,1H3. The summed E-state index contributed by atoms with van der Waals surface area (Å²) < 4.78 is 4.33. The number of carbonyl (C=O) groups is 1. The van der Waals surface area contributed by atoms with Gasteiger partial charge in [0.05, 0.1) is 17.7 Å². The third-order valence-corrected chi connectivity index (χ3v) is 1.93. The molecule has 72 valence electrons. The van der Waals surface area contributed by atoms with E-state index in [1.807, 2.05) is 0 Å². The molecule has 14 heavy (non-hydrogen) atoms. The number of carbonyl (C=O) groups excluding carboxylic acids is 1. The van der Waals surface area contributed by atoms with E-state index < -0.39 is 5.97 Å². The molecule has 0 saturated heterocycles. The Morgan fingerprint density at radius 3 is 2.86 bits per heavy atom. The van der Waals surface area contributed by atoms with Crippen molar-refractivity contribution in [3.63, 3.8) is 0 Å². The van der Waals surface area contributed by atoms with Crippen LogP contribution in [0.5, 0.6) is 0 Å². The van der Waals surface area contributed by atoms with Crippen molar-refractivity contribution in [3.05, 3.63) is 28.0 Å². The van der Waals surface area contributed by atoms with E-state index >= 15 is 0 Å². The predicted octanol–water partition coefficient (Wildman–Crippen LogP) is 1.91. The highest BCUT2D eigenvalue weighted by molar-refractivity contribution is 6.35. The van der Waals surface area contributed by atoms with E-state index in [9.17, 15) is 4.79 Å². The number of ether oxygens (including phenoxy) is 1. The summed E-state index contributed by atoms with van der Waals surface area (Å²) in [6.45, 7) is 0. The summed E-state index contributed by atoms with van der Waals surface area (Å²) >= 11 is 11.5. The quantitative estimate of drug-likeness (QED) is 0.388. The maximum atomic E-state index is 10.7. The summed E-state index contributed by atoms with van der Waals surface area (Å²) in [7, 11) is 1.24. The van der Waals surface area contributed by atoms with Crippen LogP contribution in [0.4, 0.5) is 0 Å². The van der Waals surface area contributed by atoms with Crippen molar-refractivity contribution < 1.29 is 9.53 Å². The smallest absolute Gasteiger partial charge is 0.384 e. The number of hydrogen-bond acceptors (Lipinski definition) is 3. The van der Waals surface area contributed by atoms with Gasteiger partial charge in [-0.05, 0) is 6.07 Å². The molecule has 1 rings (SSSR count). The second kappa shape index (κ2) is 4.85. The molecule has 0 spiro atoms. The van der Waals surface area contributed by atoms with E-state index in [2.05, 4.69) is 21.6 Å². The normalized spacial score (nSPS) is 8.79. The van der Waals surface area contributed by atoms with E-state index in [1.54, 1.807) is 0 Å². The Morgan fingerprint density at radius 1 is 1.57 bits per heavy atom. The lowest BCUT2D eigenvalue weighted by Crippen LogP contribution is -1.95. The van der Waals surface area contributed by atoms with Crippen LogP contribution in [0.1, 0.15) is 5.56 Å². The minimum absolute atomic E-state index is 0.161. The molecule has 1 aromatic rings. The van der Waals surface area contributed by atoms with Crippen LogP contribution in [0, 0.1) is 11.8 Å². The van der Waals surface area contributed by atoms with Gasteiger partial charge in [0.25, 0.3) is 0 Å². The van der Waals surface area contributed by atoms with Gasteiger partial charge in [-0.15, -0.1) is 0 Å². The second-order valence-corrected chi connectivity index (χ2v) is 2.97. The first-order valence-corrected chi connectivity index (χ1v) is 4.30. The average molecular weight is 230 g/mol. The van der Waals surface area contributed by atoms with Crippen molar-refractivity contribution in [2.75, 3.05) is 7.11 Å². The molecule has 0 unspecified atom stereocenters. The Balaban J connectivity index is 3.06. The monoisotopic (exact) mass is 229 g/mol. The van der Waals surface area contributed by atoms with Gasteiger partial charge < -0.3 is 4.74 Å². The van der Waals surface area contributed by atoms with Gasteiger partial charge in [0, 0.05) is 12.1 Å². The van der Waals surface area contributed by atoms with Gasteiger partial charge in [-0.2, -0.15) is 0 Å². The zero-order valence-electron chi connectivity index (χ0n) is 7.17. The van der Waals surface area contributed by atoms with Crippen LogP contribution in [0.2, 0.25) is 10.2 Å². The minimum atomic E-state index is -0.652. The maximum absolute atomic E-state index is 10.7. The topological polar surface area (TPSA) is 39.2 Å².